The third kappa shape index (κ3) is 33.1. The summed E-state index contributed by atoms with van der Waals surface area (Å²) in [5.74, 6) is 7.25. The Morgan fingerprint density at radius 2 is 0.730 bits per heavy atom. The third-order valence-corrected chi connectivity index (χ3v) is 22.3. The number of ketones is 4. The van der Waals surface area contributed by atoms with E-state index in [-0.39, 0.29) is 89.2 Å². The molecule has 0 amide bonds. The summed E-state index contributed by atoms with van der Waals surface area (Å²) in [7, 11) is 4.69. The number of fused-ring (bicyclic) bond motifs is 8. The van der Waals surface area contributed by atoms with Crippen LogP contribution in [0, 0.1) is 35.5 Å². The van der Waals surface area contributed by atoms with Gasteiger partial charge in [0.25, 0.3) is 0 Å². The summed E-state index contributed by atoms with van der Waals surface area (Å²) in [6.45, 7) is 53.8. The summed E-state index contributed by atoms with van der Waals surface area (Å²) < 4.78 is 86.7. The Labute approximate surface area is 724 Å². The summed E-state index contributed by atoms with van der Waals surface area (Å²) in [4.78, 5) is 47.6. The molecule has 6 aliphatic carbocycles. The first kappa shape index (κ1) is 101. The van der Waals surface area contributed by atoms with Crippen LogP contribution < -0.4 is 18.9 Å². The first-order chi connectivity index (χ1) is 59.2. The van der Waals surface area contributed by atoms with Crippen molar-refractivity contribution < 1.29 is 99.7 Å². The highest BCUT2D eigenvalue weighted by molar-refractivity contribution is 6.19. The van der Waals surface area contributed by atoms with Crippen molar-refractivity contribution in [3.8, 4) is 23.0 Å². The number of rotatable bonds is 32. The monoisotopic (exact) mass is 1680 g/mol. The molecule has 122 heavy (non-hydrogen) atoms. The number of ether oxygens (including phenoxy) is 17. The van der Waals surface area contributed by atoms with E-state index >= 15 is 0 Å². The average molecular weight is 1680 g/mol. The number of Topliss-reactive ketones (excluding diaryl/α,β-unsaturated/α-hetero) is 1. The van der Waals surface area contributed by atoms with E-state index in [9.17, 15) is 19.2 Å². The topological polar surface area (TPSA) is 225 Å². The van der Waals surface area contributed by atoms with E-state index < -0.39 is 0 Å². The maximum atomic E-state index is 12.6. The second kappa shape index (κ2) is 56.9. The van der Waals surface area contributed by atoms with Gasteiger partial charge >= 0.3 is 0 Å². The zero-order chi connectivity index (χ0) is 89.0. The van der Waals surface area contributed by atoms with Crippen LogP contribution in [0.1, 0.15) is 150 Å². The Morgan fingerprint density at radius 3 is 1.04 bits per heavy atom. The molecule has 4 aromatic carbocycles. The summed E-state index contributed by atoms with van der Waals surface area (Å²) in [5, 5.41) is 0. The second-order valence-electron chi connectivity index (χ2n) is 29.9. The zero-order valence-corrected chi connectivity index (χ0v) is 72.3. The number of benzene rings is 4. The molecule has 660 valence electrons. The lowest BCUT2D eigenvalue weighted by Gasteiger charge is -2.32. The van der Waals surface area contributed by atoms with Crippen molar-refractivity contribution in [1.29, 1.82) is 0 Å². The summed E-state index contributed by atoms with van der Waals surface area (Å²) in [6, 6.07) is 29.9. The van der Waals surface area contributed by atoms with Crippen molar-refractivity contribution >= 4 is 23.1 Å². The SMILES string of the molecule is C1CC2CCC1O2.C=COC.C=COC.C=COC.C=COC1CC2C3CCC(C3)C2C1.C=COC1CCC(C(=O)C2CCC(OC=C)CC2)CC1.C=COC1COC2C(OC=C)COC12.C=COCC1=CC(=O)C(OC=C)=CC1=O.C=COc1ccc(C(=O)c2ccc(OC=C)cc2)cc1.C=COc1ccc(C(C)(C)c2ccc(OC=C)cc2)cc1. The summed E-state index contributed by atoms with van der Waals surface area (Å²) >= 11 is 0. The van der Waals surface area contributed by atoms with E-state index in [4.69, 9.17) is 66.3 Å². The van der Waals surface area contributed by atoms with Gasteiger partial charge in [-0.3, -0.25) is 19.2 Å². The minimum atomic E-state index is -0.378. The molecule has 0 N–H and O–H groups in total. The Bertz CT molecular complexity index is 3760. The van der Waals surface area contributed by atoms with Crippen LogP contribution in [0.15, 0.2) is 300 Å². The van der Waals surface area contributed by atoms with Gasteiger partial charge in [0.1, 0.15) is 59.8 Å². The molecule has 4 heterocycles. The summed E-state index contributed by atoms with van der Waals surface area (Å²) in [5.41, 5.74) is 3.81. The van der Waals surface area contributed by atoms with Crippen LogP contribution in [0.3, 0.4) is 0 Å². The van der Waals surface area contributed by atoms with Gasteiger partial charge in [0, 0.05) is 40.0 Å². The third-order valence-electron chi connectivity index (χ3n) is 22.3. The predicted octanol–water partition coefficient (Wildman–Crippen LogP) is 21.8. The molecule has 0 spiro atoms. The number of carbonyl (C=O) groups is 4. The minimum Gasteiger partial charge on any atom is -0.505 e. The smallest absolute Gasteiger partial charge is 0.221 e. The lowest BCUT2D eigenvalue weighted by Crippen LogP contribution is -2.32. The van der Waals surface area contributed by atoms with Crippen LogP contribution in [-0.2, 0) is 81.4 Å². The zero-order valence-electron chi connectivity index (χ0n) is 72.3. The van der Waals surface area contributed by atoms with Crippen molar-refractivity contribution in [2.75, 3.05) is 41.2 Å². The van der Waals surface area contributed by atoms with E-state index in [1.807, 2.05) is 24.3 Å². The highest BCUT2D eigenvalue weighted by atomic mass is 16.6. The van der Waals surface area contributed by atoms with Gasteiger partial charge in [0.2, 0.25) is 5.78 Å². The lowest BCUT2D eigenvalue weighted by molar-refractivity contribution is -0.130. The van der Waals surface area contributed by atoms with Crippen molar-refractivity contribution in [2.45, 2.75) is 183 Å². The molecule has 8 unspecified atom stereocenters. The van der Waals surface area contributed by atoms with Crippen molar-refractivity contribution in [3.05, 3.63) is 323 Å². The second-order valence-corrected chi connectivity index (χ2v) is 29.9. The van der Waals surface area contributed by atoms with Gasteiger partial charge in [-0.2, -0.15) is 0 Å². The molecule has 14 rings (SSSR count). The summed E-state index contributed by atoms with van der Waals surface area (Å²) in [6.07, 6.45) is 44.3. The number of carbonyl (C=O) groups excluding carboxylic acids is 4. The molecule has 4 saturated heterocycles. The Hall–Kier alpha value is -11.5. The largest absolute Gasteiger partial charge is 0.505 e. The first-order valence-corrected chi connectivity index (χ1v) is 41.4. The molecule has 10 aliphatic rings. The van der Waals surface area contributed by atoms with Gasteiger partial charge in [0.15, 0.2) is 17.3 Å². The van der Waals surface area contributed by atoms with E-state index in [2.05, 4.69) is 144 Å². The molecule has 21 nitrogen and oxygen atoms in total. The van der Waals surface area contributed by atoms with E-state index in [1.54, 1.807) is 76.1 Å². The molecule has 4 bridgehead atoms. The number of hydrogen-bond acceptors (Lipinski definition) is 21. The maximum absolute atomic E-state index is 12.6. The normalized spacial score (nSPS) is 24.3. The molecule has 9 fully saturated rings. The standard InChI is InChI=1S/C19H20O2.C17H26O3.C17H14O3.C12H18O.C11H10O4.C10H14O4.C6H10O.3C3H6O/c1-5-20-17-11-7-15(8-12-17)19(3,4)16-9-13-18(14-10-16)21-6-2;2*1-3-19-15-9-5-13(6-10-15)17(18)14-7-11-16(12-8-14)20-4-2;1-2-13-10-6-11-8-3-4-9(5-8)12(11)7-10;1-3-14-7-8-5-10(13)11(15-4-2)6-9(8)12;1-3-11-7-5-13-10-8(12-4-2)6-14-9(7)10;1-2-6-4-3-5(1)7-6;3*1-3-4-2/h5-14H,1-2H2,3-4H3;3-4,13-16H,1-2,5-12H2;3-12H,1-2H2;2,8-12H,1,3-7H2;3-6H,1-2,7H2;3-4,7-10H,1-2,5-6H2;5-6H,1-4H2;3*3H,1H2,2H3. The van der Waals surface area contributed by atoms with Crippen LogP contribution in [0.2, 0.25) is 0 Å². The molecular formula is C101H130O21. The average Bonchev–Trinajstić information content (AvgIpc) is 1.57. The van der Waals surface area contributed by atoms with Crippen LogP contribution in [0.4, 0.5) is 0 Å². The Kier molecular flexibility index (Phi) is 47.1. The predicted molar refractivity (Wildman–Crippen MR) is 478 cm³/mol. The van der Waals surface area contributed by atoms with E-state index in [0.29, 0.717) is 59.9 Å². The highest BCUT2D eigenvalue weighted by Crippen LogP contribution is 2.59. The van der Waals surface area contributed by atoms with Gasteiger partial charge in [-0.25, -0.2) is 0 Å². The Morgan fingerprint density at radius 1 is 0.385 bits per heavy atom. The van der Waals surface area contributed by atoms with Gasteiger partial charge in [-0.05, 0) is 223 Å². The van der Waals surface area contributed by atoms with Gasteiger partial charge < -0.3 is 80.5 Å². The van der Waals surface area contributed by atoms with E-state index in [1.165, 1.54) is 150 Å². The van der Waals surface area contributed by atoms with Crippen LogP contribution in [-0.4, -0.2) is 119 Å². The minimum absolute atomic E-state index is 0.0302. The van der Waals surface area contributed by atoms with Crippen molar-refractivity contribution in [3.63, 3.8) is 0 Å². The van der Waals surface area contributed by atoms with E-state index in [0.717, 1.165) is 98.9 Å². The van der Waals surface area contributed by atoms with Crippen molar-refractivity contribution in [1.82, 2.24) is 0 Å². The molecule has 4 aromatic rings. The fourth-order valence-electron chi connectivity index (χ4n) is 16.3. The van der Waals surface area contributed by atoms with Crippen LogP contribution >= 0.6 is 0 Å². The van der Waals surface area contributed by atoms with Gasteiger partial charge in [-0.15, -0.1) is 0 Å². The quantitative estimate of drug-likeness (QED) is 0.0252. The van der Waals surface area contributed by atoms with Gasteiger partial charge in [0.05, 0.1) is 153 Å². The first-order valence-electron chi connectivity index (χ1n) is 41.4. The van der Waals surface area contributed by atoms with Crippen molar-refractivity contribution in [2.24, 2.45) is 35.5 Å². The fourth-order valence-corrected chi connectivity index (χ4v) is 16.3. The molecule has 21 heteroatoms. The van der Waals surface area contributed by atoms with Gasteiger partial charge in [-0.1, -0.05) is 130 Å². The highest BCUT2D eigenvalue weighted by Gasteiger charge is 2.53. The maximum Gasteiger partial charge on any atom is 0.221 e. The molecule has 4 aliphatic heterocycles. The molecular weight excluding hydrogens is 1550 g/mol. The number of hydrogen-bond donors (Lipinski definition) is 0. The Balaban J connectivity index is 0.000000250. The number of methoxy groups -OCH3 is 3. The molecule has 5 saturated carbocycles. The van der Waals surface area contributed by atoms with Crippen LogP contribution in [0.5, 0.6) is 23.0 Å². The number of allylic oxidation sites excluding steroid dienone is 2. The molecule has 8 atom stereocenters. The van der Waals surface area contributed by atoms with Crippen LogP contribution in [0.25, 0.3) is 0 Å². The fraction of sp³-hybridized carbons (Fsp3) is 0.406. The lowest BCUT2D eigenvalue weighted by atomic mass is 9.75. The molecule has 0 aromatic heterocycles. The molecule has 0 radical (unpaired) electrons.